The minimum Gasteiger partial charge on any atom is -0.493 e. The summed E-state index contributed by atoms with van der Waals surface area (Å²) in [5, 5.41) is 0. The molecule has 0 saturated carbocycles. The van der Waals surface area contributed by atoms with E-state index in [2.05, 4.69) is 19.4 Å². The van der Waals surface area contributed by atoms with Crippen molar-refractivity contribution in [3.8, 4) is 0 Å². The highest BCUT2D eigenvalue weighted by Crippen LogP contribution is 2.21. The fraction of sp³-hybridized carbons (Fsp3) is 0.273. The molecular formula is C22H22N2O6. The second kappa shape index (κ2) is 10.3. The molecule has 8 heteroatoms. The first-order chi connectivity index (χ1) is 14.6. The molecule has 8 nitrogen and oxygen atoms in total. The normalized spacial score (nSPS) is 14.6. The van der Waals surface area contributed by atoms with E-state index >= 15 is 0 Å². The van der Waals surface area contributed by atoms with Gasteiger partial charge in [0.1, 0.15) is 17.1 Å². The van der Waals surface area contributed by atoms with Crippen molar-refractivity contribution in [2.24, 2.45) is 0 Å². The van der Waals surface area contributed by atoms with Crippen LogP contribution in [0.3, 0.4) is 0 Å². The molecule has 0 fully saturated rings. The summed E-state index contributed by atoms with van der Waals surface area (Å²) in [5.41, 5.74) is 3.61. The van der Waals surface area contributed by atoms with Gasteiger partial charge in [0.05, 0.1) is 34.0 Å². The predicted octanol–water partition coefficient (Wildman–Crippen LogP) is 2.91. The highest BCUT2D eigenvalue weighted by atomic mass is 16.5. The zero-order chi connectivity index (χ0) is 21.3. The molecule has 0 saturated heterocycles. The van der Waals surface area contributed by atoms with Gasteiger partial charge in [0.2, 0.25) is 0 Å². The van der Waals surface area contributed by atoms with Gasteiger partial charge < -0.3 is 18.9 Å². The van der Waals surface area contributed by atoms with Gasteiger partial charge in [0.25, 0.3) is 0 Å². The number of methoxy groups -OCH3 is 2. The fourth-order valence-electron chi connectivity index (χ4n) is 2.78. The van der Waals surface area contributed by atoms with Crippen LogP contribution < -0.4 is 0 Å². The van der Waals surface area contributed by atoms with E-state index in [1.54, 1.807) is 30.6 Å². The van der Waals surface area contributed by atoms with Gasteiger partial charge in [0, 0.05) is 24.4 Å². The van der Waals surface area contributed by atoms with Crippen molar-refractivity contribution in [3.05, 3.63) is 71.3 Å². The molecule has 0 radical (unpaired) electrons. The second-order valence-corrected chi connectivity index (χ2v) is 6.30. The Labute approximate surface area is 174 Å². The maximum absolute atomic E-state index is 11.1. The van der Waals surface area contributed by atoms with E-state index in [1.807, 2.05) is 18.2 Å². The summed E-state index contributed by atoms with van der Waals surface area (Å²) in [5.74, 6) is -0.0139. The first kappa shape index (κ1) is 21.2. The second-order valence-electron chi connectivity index (χ2n) is 6.30. The largest absolute Gasteiger partial charge is 0.493 e. The number of carbonyl (C=O) groups is 2. The Kier molecular flexibility index (Phi) is 7.29. The van der Waals surface area contributed by atoms with Crippen molar-refractivity contribution in [2.75, 3.05) is 34.0 Å². The van der Waals surface area contributed by atoms with Crippen LogP contribution in [0.4, 0.5) is 0 Å². The van der Waals surface area contributed by atoms with Crippen LogP contribution in [0, 0.1) is 0 Å². The van der Waals surface area contributed by atoms with Gasteiger partial charge in [-0.2, -0.15) is 0 Å². The van der Waals surface area contributed by atoms with Crippen LogP contribution in [0.15, 0.2) is 48.8 Å². The van der Waals surface area contributed by atoms with Crippen LogP contribution in [0.5, 0.6) is 0 Å². The van der Waals surface area contributed by atoms with E-state index in [0.717, 1.165) is 28.9 Å². The van der Waals surface area contributed by atoms with Crippen molar-refractivity contribution < 1.29 is 28.5 Å². The average molecular weight is 410 g/mol. The van der Waals surface area contributed by atoms with Crippen molar-refractivity contribution in [1.29, 1.82) is 0 Å². The lowest BCUT2D eigenvalue weighted by molar-refractivity contribution is 0.0585. The molecule has 0 aromatic carbocycles. The number of ether oxygens (including phenoxy) is 4. The molecule has 4 heterocycles. The van der Waals surface area contributed by atoms with Crippen LogP contribution in [-0.4, -0.2) is 55.9 Å². The molecule has 156 valence electrons. The van der Waals surface area contributed by atoms with Gasteiger partial charge in [-0.15, -0.1) is 0 Å². The van der Waals surface area contributed by atoms with Crippen LogP contribution in [0.25, 0.3) is 11.3 Å². The number of carbonyl (C=O) groups excluding carboxylic acids is 2. The smallest absolute Gasteiger partial charge is 0.356 e. The van der Waals surface area contributed by atoms with Crippen molar-refractivity contribution in [1.82, 2.24) is 9.97 Å². The Bertz CT molecular complexity index is 869. The Hall–Kier alpha value is -3.52. The van der Waals surface area contributed by atoms with E-state index in [1.165, 1.54) is 14.2 Å². The Balaban J connectivity index is 0.000000171. The molecule has 0 amide bonds. The molecule has 2 aromatic heterocycles. The summed E-state index contributed by atoms with van der Waals surface area (Å²) in [6, 6.07) is 6.93. The Morgan fingerprint density at radius 3 is 1.97 bits per heavy atom. The monoisotopic (exact) mass is 410 g/mol. The van der Waals surface area contributed by atoms with Gasteiger partial charge >= 0.3 is 11.9 Å². The third-order valence-electron chi connectivity index (χ3n) is 4.38. The molecular weight excluding hydrogens is 388 g/mol. The van der Waals surface area contributed by atoms with E-state index < -0.39 is 11.9 Å². The highest BCUT2D eigenvalue weighted by molar-refractivity contribution is 5.87. The predicted molar refractivity (Wildman–Crippen MR) is 108 cm³/mol. The summed E-state index contributed by atoms with van der Waals surface area (Å²) in [4.78, 5) is 30.3. The third kappa shape index (κ3) is 5.30. The Morgan fingerprint density at radius 1 is 0.900 bits per heavy atom. The summed E-state index contributed by atoms with van der Waals surface area (Å²) >= 11 is 0. The maximum atomic E-state index is 11.1. The summed E-state index contributed by atoms with van der Waals surface area (Å²) in [7, 11) is 2.67. The molecule has 0 unspecified atom stereocenters. The molecule has 2 aliphatic rings. The summed E-state index contributed by atoms with van der Waals surface area (Å²) < 4.78 is 19.7. The highest BCUT2D eigenvalue weighted by Gasteiger charge is 2.12. The van der Waals surface area contributed by atoms with Crippen molar-refractivity contribution in [3.63, 3.8) is 0 Å². The minimum atomic E-state index is -0.428. The van der Waals surface area contributed by atoms with Gasteiger partial charge in [-0.1, -0.05) is 12.1 Å². The first-order valence-corrected chi connectivity index (χ1v) is 9.31. The topological polar surface area (TPSA) is 96.8 Å². The molecule has 0 atom stereocenters. The van der Waals surface area contributed by atoms with Crippen LogP contribution in [0.2, 0.25) is 0 Å². The van der Waals surface area contributed by atoms with Gasteiger partial charge in [-0.25, -0.2) is 19.6 Å². The lowest BCUT2D eigenvalue weighted by Crippen LogP contribution is -2.04. The van der Waals surface area contributed by atoms with E-state index in [9.17, 15) is 9.59 Å². The minimum absolute atomic E-state index is 0.305. The summed E-state index contributed by atoms with van der Waals surface area (Å²) in [6.45, 7) is 1.97. The lowest BCUT2D eigenvalue weighted by atomic mass is 10.1. The average Bonchev–Trinajstić information content (AvgIpc) is 3.53. The Morgan fingerprint density at radius 2 is 1.53 bits per heavy atom. The molecule has 2 aliphatic heterocycles. The maximum Gasteiger partial charge on any atom is 0.356 e. The number of hydrogen-bond acceptors (Lipinski definition) is 8. The van der Waals surface area contributed by atoms with Gasteiger partial charge in [-0.05, 0) is 35.4 Å². The molecule has 30 heavy (non-hydrogen) atoms. The third-order valence-corrected chi connectivity index (χ3v) is 4.38. The lowest BCUT2D eigenvalue weighted by Gasteiger charge is -2.03. The number of hydrogen-bond donors (Lipinski definition) is 0. The standard InChI is InChI=1S/2C11H11NO3/c1-14-11(13)10-3-2-8(6-12-10)9-4-5-15-7-9;1-14-11(13)9-5-4-8(7-12-9)10-3-2-6-15-10/h2-4,6H,5,7H2,1H3;3-5,7H,2,6H2,1H3. The van der Waals surface area contributed by atoms with Crippen LogP contribution in [-0.2, 0) is 18.9 Å². The molecule has 2 aromatic rings. The first-order valence-electron chi connectivity index (χ1n) is 9.31. The fourth-order valence-corrected chi connectivity index (χ4v) is 2.78. The molecule has 0 N–H and O–H groups in total. The van der Waals surface area contributed by atoms with E-state index in [0.29, 0.717) is 31.2 Å². The van der Waals surface area contributed by atoms with Crippen molar-refractivity contribution >= 4 is 23.3 Å². The van der Waals surface area contributed by atoms with Crippen molar-refractivity contribution in [2.45, 2.75) is 6.42 Å². The zero-order valence-electron chi connectivity index (χ0n) is 16.8. The number of esters is 2. The zero-order valence-corrected chi connectivity index (χ0v) is 16.8. The molecule has 0 spiro atoms. The van der Waals surface area contributed by atoms with Crippen LogP contribution >= 0.6 is 0 Å². The van der Waals surface area contributed by atoms with Crippen LogP contribution in [0.1, 0.15) is 38.5 Å². The molecule has 4 rings (SSSR count). The molecule has 0 aliphatic carbocycles. The summed E-state index contributed by atoms with van der Waals surface area (Å²) in [6.07, 6.45) is 8.22. The number of rotatable bonds is 4. The van der Waals surface area contributed by atoms with E-state index in [4.69, 9.17) is 9.47 Å². The van der Waals surface area contributed by atoms with Gasteiger partial charge in [-0.3, -0.25) is 0 Å². The number of pyridine rings is 2. The molecule has 0 bridgehead atoms. The van der Waals surface area contributed by atoms with Gasteiger partial charge in [0.15, 0.2) is 0 Å². The number of aromatic nitrogens is 2. The van der Waals surface area contributed by atoms with E-state index in [-0.39, 0.29) is 0 Å². The quantitative estimate of drug-likeness (QED) is 0.710. The number of nitrogens with zero attached hydrogens (tertiary/aromatic N) is 2. The SMILES string of the molecule is COC(=O)c1ccc(C2=CCCO2)cn1.COC(=O)c1ccc(C2=CCOC2)cn1.